The van der Waals surface area contributed by atoms with Crippen molar-refractivity contribution in [1.82, 2.24) is 4.98 Å². The van der Waals surface area contributed by atoms with Crippen LogP contribution in [0.3, 0.4) is 0 Å². The fourth-order valence-corrected chi connectivity index (χ4v) is 3.54. The maximum atomic E-state index is 5.94. The van der Waals surface area contributed by atoms with E-state index in [1.54, 1.807) is 0 Å². The molecule has 1 aromatic carbocycles. The molecule has 2 heteroatoms. The molecule has 3 rings (SSSR count). The van der Waals surface area contributed by atoms with Crippen molar-refractivity contribution in [2.24, 2.45) is 5.92 Å². The Morgan fingerprint density at radius 2 is 1.78 bits per heavy atom. The van der Waals surface area contributed by atoms with Gasteiger partial charge in [-0.05, 0) is 67.7 Å². The Balaban J connectivity index is 1.64. The molecule has 1 aliphatic carbocycles. The third kappa shape index (κ3) is 4.23. The largest absolute Gasteiger partial charge is 0.256 e. The Hall–Kier alpha value is -1.60. The number of halogens is 1. The second kappa shape index (κ2) is 7.79. The lowest BCUT2D eigenvalue weighted by Gasteiger charge is -2.27. The molecular weight excluding hydrogens is 302 g/mol. The van der Waals surface area contributed by atoms with Crippen LogP contribution in [0.2, 0.25) is 5.02 Å². The number of rotatable bonds is 4. The summed E-state index contributed by atoms with van der Waals surface area (Å²) >= 11 is 5.94. The molecule has 0 bridgehead atoms. The fraction of sp³-hybridized carbons (Fsp3) is 0.381. The van der Waals surface area contributed by atoms with Crippen LogP contribution in [0.4, 0.5) is 0 Å². The van der Waals surface area contributed by atoms with Gasteiger partial charge in [-0.2, -0.15) is 0 Å². The molecule has 1 saturated carbocycles. The van der Waals surface area contributed by atoms with Gasteiger partial charge in [-0.3, -0.25) is 4.98 Å². The Labute approximate surface area is 144 Å². The van der Waals surface area contributed by atoms with E-state index in [-0.39, 0.29) is 0 Å². The van der Waals surface area contributed by atoms with Crippen LogP contribution in [0.15, 0.2) is 54.7 Å². The first-order chi connectivity index (χ1) is 11.3. The number of hydrogen-bond donors (Lipinski definition) is 0. The SMILES string of the molecule is CC/C=C/C1CCC(c2ccc(-c3ccc(Cl)cc3)nc2)CC1. The van der Waals surface area contributed by atoms with Crippen molar-refractivity contribution in [1.29, 1.82) is 0 Å². The summed E-state index contributed by atoms with van der Waals surface area (Å²) in [4.78, 5) is 4.67. The number of nitrogens with zero attached hydrogens (tertiary/aromatic N) is 1. The molecule has 0 N–H and O–H groups in total. The lowest BCUT2D eigenvalue weighted by atomic mass is 9.79. The molecule has 0 amide bonds. The van der Waals surface area contributed by atoms with Crippen molar-refractivity contribution >= 4 is 11.6 Å². The van der Waals surface area contributed by atoms with Gasteiger partial charge in [0.2, 0.25) is 0 Å². The van der Waals surface area contributed by atoms with Crippen molar-refractivity contribution in [2.75, 3.05) is 0 Å². The van der Waals surface area contributed by atoms with E-state index in [2.05, 4.69) is 42.4 Å². The highest BCUT2D eigenvalue weighted by Crippen LogP contribution is 2.36. The van der Waals surface area contributed by atoms with Gasteiger partial charge < -0.3 is 0 Å². The van der Waals surface area contributed by atoms with Crippen molar-refractivity contribution < 1.29 is 0 Å². The molecule has 0 radical (unpaired) electrons. The van der Waals surface area contributed by atoms with Crippen LogP contribution in [-0.2, 0) is 0 Å². The highest BCUT2D eigenvalue weighted by atomic mass is 35.5. The third-order valence-corrected chi connectivity index (χ3v) is 5.07. The number of aromatic nitrogens is 1. The molecule has 2 aromatic rings. The first-order valence-electron chi connectivity index (χ1n) is 8.65. The van der Waals surface area contributed by atoms with Gasteiger partial charge in [0.05, 0.1) is 5.69 Å². The minimum Gasteiger partial charge on any atom is -0.256 e. The molecule has 23 heavy (non-hydrogen) atoms. The molecule has 0 aliphatic heterocycles. The van der Waals surface area contributed by atoms with E-state index in [0.717, 1.165) is 28.6 Å². The van der Waals surface area contributed by atoms with E-state index in [4.69, 9.17) is 11.6 Å². The van der Waals surface area contributed by atoms with Crippen LogP contribution in [0.25, 0.3) is 11.3 Å². The van der Waals surface area contributed by atoms with Gasteiger partial charge in [0.15, 0.2) is 0 Å². The first kappa shape index (κ1) is 16.3. The normalized spacial score (nSPS) is 21.7. The van der Waals surface area contributed by atoms with E-state index in [1.807, 2.05) is 24.3 Å². The predicted octanol–water partition coefficient (Wildman–Crippen LogP) is 6.64. The topological polar surface area (TPSA) is 12.9 Å². The highest BCUT2D eigenvalue weighted by molar-refractivity contribution is 6.30. The quantitative estimate of drug-likeness (QED) is 0.574. The van der Waals surface area contributed by atoms with Crippen LogP contribution in [0.1, 0.15) is 50.5 Å². The average molecular weight is 326 g/mol. The van der Waals surface area contributed by atoms with Gasteiger partial charge in [-0.25, -0.2) is 0 Å². The van der Waals surface area contributed by atoms with Crippen LogP contribution in [0, 0.1) is 5.92 Å². The van der Waals surface area contributed by atoms with E-state index < -0.39 is 0 Å². The van der Waals surface area contributed by atoms with Gasteiger partial charge in [-0.15, -0.1) is 0 Å². The first-order valence-corrected chi connectivity index (χ1v) is 9.02. The fourth-order valence-electron chi connectivity index (χ4n) is 3.41. The van der Waals surface area contributed by atoms with E-state index in [9.17, 15) is 0 Å². The lowest BCUT2D eigenvalue weighted by molar-refractivity contribution is 0.375. The molecule has 120 valence electrons. The molecule has 1 fully saturated rings. The second-order valence-electron chi connectivity index (χ2n) is 6.43. The second-order valence-corrected chi connectivity index (χ2v) is 6.87. The smallest absolute Gasteiger partial charge is 0.0702 e. The summed E-state index contributed by atoms with van der Waals surface area (Å²) in [5.74, 6) is 1.46. The minimum absolute atomic E-state index is 0.674. The number of pyridine rings is 1. The average Bonchev–Trinajstić information content (AvgIpc) is 2.61. The lowest BCUT2D eigenvalue weighted by Crippen LogP contribution is -2.12. The number of benzene rings is 1. The van der Waals surface area contributed by atoms with Crippen LogP contribution in [0.5, 0.6) is 0 Å². The van der Waals surface area contributed by atoms with E-state index >= 15 is 0 Å². The van der Waals surface area contributed by atoms with Crippen LogP contribution < -0.4 is 0 Å². The molecule has 0 unspecified atom stereocenters. The molecule has 1 aromatic heterocycles. The zero-order chi connectivity index (χ0) is 16.1. The maximum Gasteiger partial charge on any atom is 0.0702 e. The van der Waals surface area contributed by atoms with Crippen molar-refractivity contribution in [3.05, 3.63) is 65.3 Å². The molecule has 1 aliphatic rings. The molecule has 1 nitrogen and oxygen atoms in total. The van der Waals surface area contributed by atoms with Gasteiger partial charge in [-0.1, -0.05) is 48.9 Å². The molecule has 1 heterocycles. The number of hydrogen-bond acceptors (Lipinski definition) is 1. The van der Waals surface area contributed by atoms with Crippen molar-refractivity contribution in [3.8, 4) is 11.3 Å². The van der Waals surface area contributed by atoms with Gasteiger partial charge in [0.1, 0.15) is 0 Å². The van der Waals surface area contributed by atoms with Gasteiger partial charge in [0, 0.05) is 16.8 Å². The van der Waals surface area contributed by atoms with Gasteiger partial charge >= 0.3 is 0 Å². The van der Waals surface area contributed by atoms with Crippen LogP contribution in [-0.4, -0.2) is 4.98 Å². The van der Waals surface area contributed by atoms with Crippen molar-refractivity contribution in [3.63, 3.8) is 0 Å². The Morgan fingerprint density at radius 1 is 1.04 bits per heavy atom. The zero-order valence-corrected chi connectivity index (χ0v) is 14.5. The standard InChI is InChI=1S/C21H24ClN/c1-2-3-4-16-5-7-17(8-6-16)19-11-14-21(23-15-19)18-9-12-20(22)13-10-18/h3-4,9-17H,2,5-8H2,1H3/b4-3+. The Kier molecular flexibility index (Phi) is 5.51. The van der Waals surface area contributed by atoms with Gasteiger partial charge in [0.25, 0.3) is 0 Å². The predicted molar refractivity (Wildman–Crippen MR) is 98.8 cm³/mol. The summed E-state index contributed by atoms with van der Waals surface area (Å²) < 4.78 is 0. The van der Waals surface area contributed by atoms with Crippen LogP contribution >= 0.6 is 11.6 Å². The van der Waals surface area contributed by atoms with E-state index in [0.29, 0.717) is 5.92 Å². The maximum absolute atomic E-state index is 5.94. The zero-order valence-electron chi connectivity index (χ0n) is 13.7. The summed E-state index contributed by atoms with van der Waals surface area (Å²) in [7, 11) is 0. The molecule has 0 atom stereocenters. The summed E-state index contributed by atoms with van der Waals surface area (Å²) in [5, 5.41) is 0.763. The summed E-state index contributed by atoms with van der Waals surface area (Å²) in [6, 6.07) is 12.3. The third-order valence-electron chi connectivity index (χ3n) is 4.81. The molecule has 0 spiro atoms. The Morgan fingerprint density at radius 3 is 2.39 bits per heavy atom. The Bertz CT molecular complexity index is 635. The summed E-state index contributed by atoms with van der Waals surface area (Å²) in [6.07, 6.45) is 13.1. The monoisotopic (exact) mass is 325 g/mol. The molecular formula is C21H24ClN. The number of allylic oxidation sites excluding steroid dienone is 2. The van der Waals surface area contributed by atoms with Crippen molar-refractivity contribution in [2.45, 2.75) is 44.9 Å². The summed E-state index contributed by atoms with van der Waals surface area (Å²) in [5.41, 5.74) is 3.53. The highest BCUT2D eigenvalue weighted by Gasteiger charge is 2.21. The molecule has 0 saturated heterocycles. The minimum atomic E-state index is 0.674. The summed E-state index contributed by atoms with van der Waals surface area (Å²) in [6.45, 7) is 2.20. The van der Waals surface area contributed by atoms with E-state index in [1.165, 1.54) is 31.2 Å².